The standard InChI is InChI=1S/C15H25NO3S/c1-11-6-7-13(10-12(11)2)20(18,19)16-9-8-14(17)15(3,4)5/h6-7,10,14,16-17H,8-9H2,1-5H3/t14-/m1/s1. The van der Waals surface area contributed by atoms with Crippen LogP contribution in [-0.2, 0) is 10.0 Å². The van der Waals surface area contributed by atoms with E-state index in [9.17, 15) is 13.5 Å². The van der Waals surface area contributed by atoms with Gasteiger partial charge in [-0.3, -0.25) is 0 Å². The molecule has 0 aliphatic heterocycles. The lowest BCUT2D eigenvalue weighted by Gasteiger charge is -2.25. The summed E-state index contributed by atoms with van der Waals surface area (Å²) >= 11 is 0. The van der Waals surface area contributed by atoms with Crippen molar-refractivity contribution in [2.45, 2.75) is 52.0 Å². The summed E-state index contributed by atoms with van der Waals surface area (Å²) in [4.78, 5) is 0.269. The van der Waals surface area contributed by atoms with Gasteiger partial charge in [0.1, 0.15) is 0 Å². The molecule has 1 rings (SSSR count). The number of rotatable bonds is 5. The Morgan fingerprint density at radius 2 is 1.80 bits per heavy atom. The smallest absolute Gasteiger partial charge is 0.240 e. The molecule has 0 amide bonds. The van der Waals surface area contributed by atoms with E-state index in [0.717, 1.165) is 11.1 Å². The summed E-state index contributed by atoms with van der Waals surface area (Å²) in [6, 6.07) is 5.07. The number of hydrogen-bond donors (Lipinski definition) is 2. The zero-order valence-electron chi connectivity index (χ0n) is 12.9. The van der Waals surface area contributed by atoms with Gasteiger partial charge in [0.2, 0.25) is 10.0 Å². The van der Waals surface area contributed by atoms with E-state index in [-0.39, 0.29) is 16.9 Å². The van der Waals surface area contributed by atoms with Gasteiger partial charge in [0.05, 0.1) is 11.0 Å². The van der Waals surface area contributed by atoms with Crippen molar-refractivity contribution in [3.05, 3.63) is 29.3 Å². The highest BCUT2D eigenvalue weighted by Gasteiger charge is 2.22. The average Bonchev–Trinajstić information content (AvgIpc) is 2.31. The van der Waals surface area contributed by atoms with Crippen molar-refractivity contribution in [3.63, 3.8) is 0 Å². The lowest BCUT2D eigenvalue weighted by molar-refractivity contribution is 0.0571. The second-order valence-corrected chi connectivity index (χ2v) is 8.08. The first-order chi connectivity index (χ1) is 9.04. The Labute approximate surface area is 122 Å². The lowest BCUT2D eigenvalue weighted by atomic mass is 9.87. The minimum atomic E-state index is -3.50. The Hall–Kier alpha value is -0.910. The zero-order chi connectivity index (χ0) is 15.6. The van der Waals surface area contributed by atoms with Gasteiger partial charge in [-0.2, -0.15) is 0 Å². The number of sulfonamides is 1. The molecule has 0 fully saturated rings. The molecule has 0 heterocycles. The van der Waals surface area contributed by atoms with Crippen molar-refractivity contribution < 1.29 is 13.5 Å². The van der Waals surface area contributed by atoms with E-state index in [1.165, 1.54) is 0 Å². The fourth-order valence-electron chi connectivity index (χ4n) is 1.73. The fraction of sp³-hybridized carbons (Fsp3) is 0.600. The summed E-state index contributed by atoms with van der Waals surface area (Å²) in [6.07, 6.45) is -0.141. The number of aliphatic hydroxyl groups excluding tert-OH is 1. The molecule has 114 valence electrons. The minimum Gasteiger partial charge on any atom is -0.393 e. The molecule has 0 radical (unpaired) electrons. The van der Waals surface area contributed by atoms with Crippen LogP contribution in [0, 0.1) is 19.3 Å². The molecule has 0 saturated heterocycles. The minimum absolute atomic E-state index is 0.230. The number of nitrogens with one attached hydrogen (secondary N) is 1. The van der Waals surface area contributed by atoms with Crippen LogP contribution >= 0.6 is 0 Å². The van der Waals surface area contributed by atoms with E-state index >= 15 is 0 Å². The Bertz CT molecular complexity index is 559. The predicted octanol–water partition coefficient (Wildman–Crippen LogP) is 2.38. The quantitative estimate of drug-likeness (QED) is 0.877. The monoisotopic (exact) mass is 299 g/mol. The number of benzene rings is 1. The topological polar surface area (TPSA) is 66.4 Å². The first-order valence-corrected chi connectivity index (χ1v) is 8.27. The first-order valence-electron chi connectivity index (χ1n) is 6.79. The van der Waals surface area contributed by atoms with Crippen molar-refractivity contribution in [2.75, 3.05) is 6.54 Å². The molecule has 4 nitrogen and oxygen atoms in total. The highest BCUT2D eigenvalue weighted by atomic mass is 32.2. The Morgan fingerprint density at radius 1 is 1.20 bits per heavy atom. The molecule has 5 heteroatoms. The SMILES string of the molecule is Cc1ccc(S(=O)(=O)NCC[C@@H](O)C(C)(C)C)cc1C. The Kier molecular flexibility index (Phi) is 5.35. The molecule has 0 saturated carbocycles. The molecule has 0 aliphatic rings. The van der Waals surface area contributed by atoms with E-state index in [1.807, 2.05) is 34.6 Å². The predicted molar refractivity (Wildman–Crippen MR) is 81.2 cm³/mol. The molecular weight excluding hydrogens is 274 g/mol. The van der Waals surface area contributed by atoms with E-state index in [4.69, 9.17) is 0 Å². The molecular formula is C15H25NO3S. The van der Waals surface area contributed by atoms with Crippen LogP contribution in [0.5, 0.6) is 0 Å². The van der Waals surface area contributed by atoms with Crippen LogP contribution in [0.4, 0.5) is 0 Å². The second kappa shape index (κ2) is 6.24. The maximum atomic E-state index is 12.1. The molecule has 2 N–H and O–H groups in total. The van der Waals surface area contributed by atoms with Gasteiger partial charge < -0.3 is 5.11 Å². The van der Waals surface area contributed by atoms with Crippen LogP contribution < -0.4 is 4.72 Å². The lowest BCUT2D eigenvalue weighted by Crippen LogP contribution is -2.32. The third kappa shape index (κ3) is 4.58. The van der Waals surface area contributed by atoms with Crippen LogP contribution in [0.15, 0.2) is 23.1 Å². The van der Waals surface area contributed by atoms with Gasteiger partial charge in [0.15, 0.2) is 0 Å². The molecule has 0 aliphatic carbocycles. The van der Waals surface area contributed by atoms with Gasteiger partial charge in [0, 0.05) is 6.54 Å². The van der Waals surface area contributed by atoms with Crippen molar-refractivity contribution in [1.29, 1.82) is 0 Å². The van der Waals surface area contributed by atoms with Crippen molar-refractivity contribution in [1.82, 2.24) is 4.72 Å². The highest BCUT2D eigenvalue weighted by molar-refractivity contribution is 7.89. The molecule has 1 aromatic rings. The number of aliphatic hydroxyl groups is 1. The second-order valence-electron chi connectivity index (χ2n) is 6.31. The summed E-state index contributed by atoms with van der Waals surface area (Å²) in [6.45, 7) is 9.84. The van der Waals surface area contributed by atoms with E-state index in [0.29, 0.717) is 6.42 Å². The van der Waals surface area contributed by atoms with Crippen molar-refractivity contribution in [2.24, 2.45) is 5.41 Å². The first kappa shape index (κ1) is 17.1. The van der Waals surface area contributed by atoms with E-state index in [2.05, 4.69) is 4.72 Å². The maximum absolute atomic E-state index is 12.1. The summed E-state index contributed by atoms with van der Waals surface area (Å²) in [5.41, 5.74) is 1.76. The van der Waals surface area contributed by atoms with Crippen LogP contribution in [-0.4, -0.2) is 26.2 Å². The molecule has 0 spiro atoms. The largest absolute Gasteiger partial charge is 0.393 e. The van der Waals surface area contributed by atoms with E-state index in [1.54, 1.807) is 18.2 Å². The van der Waals surface area contributed by atoms with Gasteiger partial charge in [-0.1, -0.05) is 26.8 Å². The Morgan fingerprint density at radius 3 is 2.30 bits per heavy atom. The summed E-state index contributed by atoms with van der Waals surface area (Å²) in [5.74, 6) is 0. The van der Waals surface area contributed by atoms with Crippen LogP contribution in [0.25, 0.3) is 0 Å². The van der Waals surface area contributed by atoms with Gasteiger partial charge in [-0.15, -0.1) is 0 Å². The molecule has 1 atom stereocenters. The van der Waals surface area contributed by atoms with Gasteiger partial charge >= 0.3 is 0 Å². The summed E-state index contributed by atoms with van der Waals surface area (Å²) in [5, 5.41) is 9.90. The fourth-order valence-corrected chi connectivity index (χ4v) is 2.86. The van der Waals surface area contributed by atoms with Gasteiger partial charge in [-0.05, 0) is 48.9 Å². The van der Waals surface area contributed by atoms with Crippen molar-refractivity contribution in [3.8, 4) is 0 Å². The average molecular weight is 299 g/mol. The zero-order valence-corrected chi connectivity index (χ0v) is 13.7. The Balaban J connectivity index is 2.69. The van der Waals surface area contributed by atoms with Crippen LogP contribution in [0.2, 0.25) is 0 Å². The normalized spacial score (nSPS) is 14.3. The number of hydrogen-bond acceptors (Lipinski definition) is 3. The highest BCUT2D eigenvalue weighted by Crippen LogP contribution is 2.21. The van der Waals surface area contributed by atoms with Gasteiger partial charge in [-0.25, -0.2) is 13.1 Å². The van der Waals surface area contributed by atoms with Gasteiger partial charge in [0.25, 0.3) is 0 Å². The molecule has 20 heavy (non-hydrogen) atoms. The third-order valence-electron chi connectivity index (χ3n) is 3.50. The molecule has 1 aromatic carbocycles. The summed E-state index contributed by atoms with van der Waals surface area (Å²) in [7, 11) is -3.50. The molecule has 0 unspecified atom stereocenters. The van der Waals surface area contributed by atoms with Crippen LogP contribution in [0.1, 0.15) is 38.3 Å². The van der Waals surface area contributed by atoms with E-state index < -0.39 is 16.1 Å². The molecule has 0 aromatic heterocycles. The number of aryl methyl sites for hydroxylation is 2. The maximum Gasteiger partial charge on any atom is 0.240 e. The van der Waals surface area contributed by atoms with Crippen LogP contribution in [0.3, 0.4) is 0 Å². The van der Waals surface area contributed by atoms with Crippen molar-refractivity contribution >= 4 is 10.0 Å². The third-order valence-corrected chi connectivity index (χ3v) is 4.96. The summed E-state index contributed by atoms with van der Waals surface area (Å²) < 4.78 is 26.8. The molecule has 0 bridgehead atoms.